The number of hydrogen-bond donors (Lipinski definition) is 1. The number of fused-ring (bicyclic) bond motifs is 1. The molecule has 0 amide bonds. The number of carbonyl (C=O) groups excluding carboxylic acids is 1. The molecule has 6 nitrogen and oxygen atoms in total. The smallest absolute Gasteiger partial charge is 0.328 e. The third kappa shape index (κ3) is 3.78. The fraction of sp³-hybridized carbons (Fsp3) is 0.125. The van der Waals surface area contributed by atoms with Crippen LogP contribution in [0.25, 0.3) is 0 Å². The highest BCUT2D eigenvalue weighted by molar-refractivity contribution is 7.90. The summed E-state index contributed by atoms with van der Waals surface area (Å²) in [6, 6.07) is 11.4. The van der Waals surface area contributed by atoms with Gasteiger partial charge in [-0.25, -0.2) is 8.42 Å². The van der Waals surface area contributed by atoms with Crippen LogP contribution >= 0.6 is 23.2 Å². The first-order valence-corrected chi connectivity index (χ1v) is 9.37. The van der Waals surface area contributed by atoms with Crippen LogP contribution in [0.4, 0.5) is 0 Å². The zero-order valence-electron chi connectivity index (χ0n) is 12.7. The Morgan fingerprint density at radius 1 is 1.08 bits per heavy atom. The fourth-order valence-electron chi connectivity index (χ4n) is 2.26. The van der Waals surface area contributed by atoms with Gasteiger partial charge in [-0.15, -0.1) is 0 Å². The van der Waals surface area contributed by atoms with Gasteiger partial charge in [-0.2, -0.15) is 0 Å². The molecule has 0 spiro atoms. The number of ether oxygens (including phenoxy) is 1. The maximum Gasteiger partial charge on any atom is 0.328 e. The number of benzene rings is 2. The lowest BCUT2D eigenvalue weighted by atomic mass is 10.2. The van der Waals surface area contributed by atoms with Crippen molar-refractivity contribution in [1.29, 1.82) is 0 Å². The van der Waals surface area contributed by atoms with Gasteiger partial charge in [0.05, 0.1) is 4.90 Å². The summed E-state index contributed by atoms with van der Waals surface area (Å²) in [5, 5.41) is 0.785. The molecule has 1 aliphatic heterocycles. The molecule has 0 aliphatic carbocycles. The molecule has 3 rings (SSSR count). The quantitative estimate of drug-likeness (QED) is 0.802. The fourth-order valence-corrected chi connectivity index (χ4v) is 4.02. The molecule has 0 saturated carbocycles. The highest BCUT2D eigenvalue weighted by atomic mass is 35.5. The number of nitrogens with zero attached hydrogens (tertiary/aromatic N) is 1. The largest absolute Gasteiger partial charge is 0.459 e. The maximum absolute atomic E-state index is 12.0. The second kappa shape index (κ2) is 7.03. The van der Waals surface area contributed by atoms with Crippen molar-refractivity contribution < 1.29 is 17.9 Å². The summed E-state index contributed by atoms with van der Waals surface area (Å²) in [5.74, 6) is -0.518. The zero-order valence-corrected chi connectivity index (χ0v) is 15.0. The van der Waals surface area contributed by atoms with Crippen LogP contribution < -0.4 is 4.72 Å². The topological polar surface area (TPSA) is 84.8 Å². The van der Waals surface area contributed by atoms with Crippen molar-refractivity contribution in [2.24, 2.45) is 4.99 Å². The number of carbonyl (C=O) groups is 1. The minimum atomic E-state index is -3.64. The predicted octanol–water partition coefficient (Wildman–Crippen LogP) is 2.78. The van der Waals surface area contributed by atoms with Crippen molar-refractivity contribution in [2.45, 2.75) is 11.5 Å². The van der Waals surface area contributed by atoms with Gasteiger partial charge < -0.3 is 4.74 Å². The second-order valence-corrected chi connectivity index (χ2v) is 7.59. The SMILES string of the molecule is O=C(CN=C1NS(=O)(=O)c2ccccc21)OCc1c(Cl)cccc1Cl. The molecule has 0 saturated heterocycles. The number of sulfonamides is 1. The average Bonchev–Trinajstić information content (AvgIpc) is 2.84. The molecule has 0 radical (unpaired) electrons. The Labute approximate surface area is 154 Å². The monoisotopic (exact) mass is 398 g/mol. The maximum atomic E-state index is 12.0. The lowest BCUT2D eigenvalue weighted by Crippen LogP contribution is -2.23. The van der Waals surface area contributed by atoms with E-state index in [0.717, 1.165) is 0 Å². The van der Waals surface area contributed by atoms with Crippen LogP contribution in [0.5, 0.6) is 0 Å². The van der Waals surface area contributed by atoms with Crippen molar-refractivity contribution in [3.63, 3.8) is 0 Å². The minimum Gasteiger partial charge on any atom is -0.459 e. The van der Waals surface area contributed by atoms with Gasteiger partial charge in [0.15, 0.2) is 0 Å². The first-order valence-electron chi connectivity index (χ1n) is 7.13. The molecule has 1 aliphatic rings. The van der Waals surface area contributed by atoms with Crippen LogP contribution in [0, 0.1) is 0 Å². The van der Waals surface area contributed by atoms with Gasteiger partial charge >= 0.3 is 5.97 Å². The van der Waals surface area contributed by atoms with E-state index in [1.165, 1.54) is 6.07 Å². The van der Waals surface area contributed by atoms with Crippen LogP contribution in [0.2, 0.25) is 10.0 Å². The lowest BCUT2D eigenvalue weighted by molar-refractivity contribution is -0.143. The van der Waals surface area contributed by atoms with E-state index < -0.39 is 16.0 Å². The number of nitrogens with one attached hydrogen (secondary N) is 1. The first kappa shape index (κ1) is 17.7. The van der Waals surface area contributed by atoms with E-state index >= 15 is 0 Å². The number of halogens is 2. The Morgan fingerprint density at radius 3 is 2.48 bits per heavy atom. The Hall–Kier alpha value is -2.09. The van der Waals surface area contributed by atoms with E-state index in [0.29, 0.717) is 21.2 Å². The van der Waals surface area contributed by atoms with E-state index in [1.807, 2.05) is 0 Å². The summed E-state index contributed by atoms with van der Waals surface area (Å²) in [5.41, 5.74) is 0.920. The average molecular weight is 399 g/mol. The first-order chi connectivity index (χ1) is 11.9. The van der Waals surface area contributed by atoms with Crippen molar-refractivity contribution in [2.75, 3.05) is 6.54 Å². The summed E-state index contributed by atoms with van der Waals surface area (Å²) in [6.45, 7) is -0.432. The van der Waals surface area contributed by atoms with E-state index in [-0.39, 0.29) is 23.9 Å². The summed E-state index contributed by atoms with van der Waals surface area (Å²) in [6.07, 6.45) is 0. The van der Waals surface area contributed by atoms with Crippen LogP contribution in [0.3, 0.4) is 0 Å². The van der Waals surface area contributed by atoms with Gasteiger partial charge in [0, 0.05) is 21.2 Å². The molecule has 2 aromatic rings. The minimum absolute atomic E-state index is 0.0928. The van der Waals surface area contributed by atoms with E-state index in [9.17, 15) is 13.2 Å². The molecule has 0 unspecified atom stereocenters. The molecule has 0 fully saturated rings. The van der Waals surface area contributed by atoms with Gasteiger partial charge in [-0.1, -0.05) is 41.4 Å². The molecule has 0 aromatic heterocycles. The van der Waals surface area contributed by atoms with E-state index in [2.05, 4.69) is 9.71 Å². The Balaban J connectivity index is 1.68. The zero-order chi connectivity index (χ0) is 18.0. The number of hydrogen-bond acceptors (Lipinski definition) is 5. The normalized spacial score (nSPS) is 16.3. The summed E-state index contributed by atoms with van der Waals surface area (Å²) in [4.78, 5) is 16.0. The van der Waals surface area contributed by atoms with Gasteiger partial charge in [0.1, 0.15) is 19.0 Å². The van der Waals surface area contributed by atoms with E-state index in [1.54, 1.807) is 36.4 Å². The van der Waals surface area contributed by atoms with Crippen molar-refractivity contribution in [3.05, 3.63) is 63.6 Å². The standard InChI is InChI=1S/C16H12Cl2N2O4S/c17-12-5-3-6-13(18)11(12)9-24-15(21)8-19-16-10-4-1-2-7-14(10)25(22,23)20-16/h1-7H,8-9H2,(H,19,20). The molecule has 1 N–H and O–H groups in total. The summed E-state index contributed by atoms with van der Waals surface area (Å²) >= 11 is 12.0. The number of aliphatic imine (C=N–C) groups is 1. The second-order valence-electron chi connectivity index (χ2n) is 5.13. The Morgan fingerprint density at radius 2 is 1.76 bits per heavy atom. The molecular formula is C16H12Cl2N2O4S. The van der Waals surface area contributed by atoms with Gasteiger partial charge in [0.2, 0.25) is 0 Å². The molecule has 0 bridgehead atoms. The molecular weight excluding hydrogens is 387 g/mol. The Kier molecular flexibility index (Phi) is 4.99. The molecule has 0 atom stereocenters. The Bertz CT molecular complexity index is 954. The molecule has 2 aromatic carbocycles. The predicted molar refractivity (Wildman–Crippen MR) is 94.4 cm³/mol. The van der Waals surface area contributed by atoms with Crippen molar-refractivity contribution in [1.82, 2.24) is 4.72 Å². The highest BCUT2D eigenvalue weighted by Crippen LogP contribution is 2.25. The van der Waals surface area contributed by atoms with Crippen LogP contribution in [0.1, 0.15) is 11.1 Å². The summed E-state index contributed by atoms with van der Waals surface area (Å²) in [7, 11) is -3.64. The summed E-state index contributed by atoms with van der Waals surface area (Å²) < 4.78 is 31.3. The molecule has 1 heterocycles. The lowest BCUT2D eigenvalue weighted by Gasteiger charge is -2.07. The van der Waals surface area contributed by atoms with Crippen molar-refractivity contribution in [3.8, 4) is 0 Å². The number of esters is 1. The van der Waals surface area contributed by atoms with Crippen LogP contribution in [-0.2, 0) is 26.2 Å². The van der Waals surface area contributed by atoms with Crippen LogP contribution in [0.15, 0.2) is 52.4 Å². The van der Waals surface area contributed by atoms with Gasteiger partial charge in [-0.05, 0) is 24.3 Å². The molecule has 25 heavy (non-hydrogen) atoms. The van der Waals surface area contributed by atoms with Crippen molar-refractivity contribution >= 4 is 45.0 Å². The number of amidine groups is 1. The highest BCUT2D eigenvalue weighted by Gasteiger charge is 2.30. The van der Waals surface area contributed by atoms with Crippen LogP contribution in [-0.4, -0.2) is 26.8 Å². The number of rotatable bonds is 4. The van der Waals surface area contributed by atoms with Gasteiger partial charge in [-0.3, -0.25) is 14.5 Å². The molecule has 9 heteroatoms. The van der Waals surface area contributed by atoms with E-state index in [4.69, 9.17) is 27.9 Å². The third-order valence-corrected chi connectivity index (χ3v) is 5.57. The molecule has 130 valence electrons. The third-order valence-electron chi connectivity index (χ3n) is 3.47. The van der Waals surface area contributed by atoms with Gasteiger partial charge in [0.25, 0.3) is 10.0 Å².